The van der Waals surface area contributed by atoms with Crippen LogP contribution in [0.25, 0.3) is 17.1 Å². The molecule has 0 aliphatic carbocycles. The van der Waals surface area contributed by atoms with Crippen LogP contribution in [0.15, 0.2) is 53.7 Å². The maximum Gasteiger partial charge on any atom is 0.418 e. The van der Waals surface area contributed by atoms with E-state index in [0.717, 1.165) is 17.8 Å². The number of rotatable bonds is 5. The van der Waals surface area contributed by atoms with Crippen LogP contribution in [0.2, 0.25) is 5.02 Å². The van der Waals surface area contributed by atoms with Crippen molar-refractivity contribution in [2.24, 2.45) is 0 Å². The molecule has 3 aromatic rings. The first-order valence-corrected chi connectivity index (χ1v) is 9.75. The molecule has 2 aromatic carbocycles. The second kappa shape index (κ2) is 8.46. The molecule has 29 heavy (non-hydrogen) atoms. The van der Waals surface area contributed by atoms with Gasteiger partial charge in [0.05, 0.1) is 17.0 Å². The van der Waals surface area contributed by atoms with E-state index in [9.17, 15) is 18.0 Å². The second-order valence-corrected chi connectivity index (χ2v) is 7.62. The monoisotopic (exact) mass is 440 g/mol. The minimum Gasteiger partial charge on any atom is -0.348 e. The molecule has 0 fully saturated rings. The van der Waals surface area contributed by atoms with Crippen molar-refractivity contribution in [1.29, 1.82) is 0 Å². The van der Waals surface area contributed by atoms with E-state index in [1.807, 2.05) is 0 Å². The Morgan fingerprint density at radius 2 is 1.86 bits per heavy atom. The molecule has 0 aliphatic heterocycles. The van der Waals surface area contributed by atoms with E-state index in [1.54, 1.807) is 38.4 Å². The van der Waals surface area contributed by atoms with Gasteiger partial charge in [0.2, 0.25) is 5.91 Å². The molecule has 0 aliphatic rings. The van der Waals surface area contributed by atoms with Gasteiger partial charge in [-0.15, -0.1) is 10.2 Å². The summed E-state index contributed by atoms with van der Waals surface area (Å²) in [6.45, 7) is 0. The van der Waals surface area contributed by atoms with Gasteiger partial charge in [0.1, 0.15) is 0 Å². The Bertz CT molecular complexity index is 1040. The molecule has 1 aromatic heterocycles. The highest BCUT2D eigenvalue weighted by atomic mass is 35.5. The predicted octanol–water partition coefficient (Wildman–Crippen LogP) is 4.79. The number of thioether (sulfide) groups is 1. The van der Waals surface area contributed by atoms with Crippen LogP contribution >= 0.6 is 23.4 Å². The molecule has 0 atom stereocenters. The molecule has 0 bridgehead atoms. The number of benzene rings is 2. The van der Waals surface area contributed by atoms with Crippen molar-refractivity contribution >= 4 is 29.3 Å². The SMILES string of the molecule is CN(C)C(=O)CSc1nnc(-c2cccc(Cl)c2)n1-c1ccccc1C(F)(F)F. The number of hydrogen-bond donors (Lipinski definition) is 0. The van der Waals surface area contributed by atoms with Crippen molar-refractivity contribution < 1.29 is 18.0 Å². The Hall–Kier alpha value is -2.52. The van der Waals surface area contributed by atoms with E-state index in [4.69, 9.17) is 11.6 Å². The van der Waals surface area contributed by atoms with Crippen molar-refractivity contribution in [3.05, 3.63) is 59.1 Å². The standard InChI is InChI=1S/C19H16ClF3N4OS/c1-26(2)16(28)11-29-18-25-24-17(12-6-5-7-13(20)10-12)27(18)15-9-4-3-8-14(15)19(21,22)23/h3-10H,11H2,1-2H3. The predicted molar refractivity (Wildman–Crippen MR) is 106 cm³/mol. The third-order valence-corrected chi connectivity index (χ3v) is 5.14. The third kappa shape index (κ3) is 4.73. The van der Waals surface area contributed by atoms with E-state index >= 15 is 0 Å². The lowest BCUT2D eigenvalue weighted by atomic mass is 10.1. The summed E-state index contributed by atoms with van der Waals surface area (Å²) in [5, 5.41) is 8.73. The zero-order valence-electron chi connectivity index (χ0n) is 15.4. The Morgan fingerprint density at radius 3 is 2.52 bits per heavy atom. The van der Waals surface area contributed by atoms with Crippen LogP contribution in [0, 0.1) is 0 Å². The van der Waals surface area contributed by atoms with Gasteiger partial charge >= 0.3 is 6.18 Å². The summed E-state index contributed by atoms with van der Waals surface area (Å²) in [5.41, 5.74) is -0.448. The van der Waals surface area contributed by atoms with Crippen LogP contribution in [0.4, 0.5) is 13.2 Å². The summed E-state index contributed by atoms with van der Waals surface area (Å²) in [6.07, 6.45) is -4.58. The largest absolute Gasteiger partial charge is 0.418 e. The van der Waals surface area contributed by atoms with Crippen LogP contribution in [0.1, 0.15) is 5.56 Å². The average Bonchev–Trinajstić information content (AvgIpc) is 3.09. The van der Waals surface area contributed by atoms with Crippen LogP contribution < -0.4 is 0 Å². The van der Waals surface area contributed by atoms with Gasteiger partial charge < -0.3 is 4.90 Å². The maximum absolute atomic E-state index is 13.6. The molecule has 1 heterocycles. The number of carbonyl (C=O) groups is 1. The van der Waals surface area contributed by atoms with Gasteiger partial charge in [-0.3, -0.25) is 9.36 Å². The van der Waals surface area contributed by atoms with E-state index in [2.05, 4.69) is 10.2 Å². The summed E-state index contributed by atoms with van der Waals surface area (Å²) >= 11 is 7.06. The summed E-state index contributed by atoms with van der Waals surface area (Å²) < 4.78 is 42.2. The zero-order chi connectivity index (χ0) is 21.2. The van der Waals surface area contributed by atoms with Gasteiger partial charge in [-0.2, -0.15) is 13.2 Å². The highest BCUT2D eigenvalue weighted by Gasteiger charge is 2.35. The molecule has 3 rings (SSSR count). The van der Waals surface area contributed by atoms with Gasteiger partial charge in [-0.1, -0.05) is 47.6 Å². The molecule has 0 saturated heterocycles. The van der Waals surface area contributed by atoms with Crippen LogP contribution in [-0.2, 0) is 11.0 Å². The minimum atomic E-state index is -4.58. The summed E-state index contributed by atoms with van der Waals surface area (Å²) in [7, 11) is 3.20. The highest BCUT2D eigenvalue weighted by Crippen LogP contribution is 2.37. The first-order valence-electron chi connectivity index (χ1n) is 8.39. The van der Waals surface area contributed by atoms with Crippen LogP contribution in [0.3, 0.4) is 0 Å². The Kier molecular flexibility index (Phi) is 6.18. The first-order chi connectivity index (χ1) is 13.7. The van der Waals surface area contributed by atoms with Crippen LogP contribution in [0.5, 0.6) is 0 Å². The molecule has 0 spiro atoms. The Balaban J connectivity index is 2.17. The molecular formula is C19H16ClF3N4OS. The summed E-state index contributed by atoms with van der Waals surface area (Å²) in [4.78, 5) is 13.4. The molecular weight excluding hydrogens is 425 g/mol. The number of aromatic nitrogens is 3. The van der Waals surface area contributed by atoms with Gasteiger partial charge in [-0.25, -0.2) is 0 Å². The molecule has 152 valence electrons. The van der Waals surface area contributed by atoms with Gasteiger partial charge in [0.15, 0.2) is 11.0 Å². The number of carbonyl (C=O) groups excluding carboxylic acids is 1. The molecule has 1 amide bonds. The smallest absolute Gasteiger partial charge is 0.348 e. The third-order valence-electron chi connectivity index (χ3n) is 3.99. The van der Waals surface area contributed by atoms with Gasteiger partial charge in [0, 0.05) is 24.7 Å². The zero-order valence-corrected chi connectivity index (χ0v) is 17.0. The van der Waals surface area contributed by atoms with Crippen molar-refractivity contribution in [2.45, 2.75) is 11.3 Å². The molecule has 10 heteroatoms. The number of para-hydroxylation sites is 1. The fraction of sp³-hybridized carbons (Fsp3) is 0.211. The summed E-state index contributed by atoms with van der Waals surface area (Å²) in [6, 6.07) is 11.8. The number of nitrogens with zero attached hydrogens (tertiary/aromatic N) is 4. The van der Waals surface area contributed by atoms with E-state index in [0.29, 0.717) is 10.6 Å². The molecule has 5 nitrogen and oxygen atoms in total. The van der Waals surface area contributed by atoms with Gasteiger partial charge in [-0.05, 0) is 24.3 Å². The minimum absolute atomic E-state index is 0.00879. The van der Waals surface area contributed by atoms with Crippen molar-refractivity contribution in [1.82, 2.24) is 19.7 Å². The maximum atomic E-state index is 13.6. The lowest BCUT2D eigenvalue weighted by molar-refractivity contribution is -0.137. The number of amides is 1. The topological polar surface area (TPSA) is 51.0 Å². The first kappa shape index (κ1) is 21.2. The lowest BCUT2D eigenvalue weighted by Gasteiger charge is -2.17. The molecule has 0 N–H and O–H groups in total. The van der Waals surface area contributed by atoms with E-state index in [-0.39, 0.29) is 28.3 Å². The lowest BCUT2D eigenvalue weighted by Crippen LogP contribution is -2.23. The molecule has 0 unspecified atom stereocenters. The average molecular weight is 441 g/mol. The quantitative estimate of drug-likeness (QED) is 0.535. The van der Waals surface area contributed by atoms with E-state index < -0.39 is 11.7 Å². The van der Waals surface area contributed by atoms with Crippen molar-refractivity contribution in [3.63, 3.8) is 0 Å². The molecule has 0 radical (unpaired) electrons. The normalized spacial score (nSPS) is 11.5. The van der Waals surface area contributed by atoms with E-state index in [1.165, 1.54) is 27.7 Å². The number of alkyl halides is 3. The van der Waals surface area contributed by atoms with Crippen molar-refractivity contribution in [3.8, 4) is 17.1 Å². The fourth-order valence-electron chi connectivity index (χ4n) is 2.56. The fourth-order valence-corrected chi connectivity index (χ4v) is 3.67. The van der Waals surface area contributed by atoms with Gasteiger partial charge in [0.25, 0.3) is 0 Å². The highest BCUT2D eigenvalue weighted by molar-refractivity contribution is 7.99. The Labute approximate surface area is 174 Å². The van der Waals surface area contributed by atoms with Crippen molar-refractivity contribution in [2.75, 3.05) is 19.8 Å². The summed E-state index contributed by atoms with van der Waals surface area (Å²) in [5.74, 6) is 0.0106. The number of hydrogen-bond acceptors (Lipinski definition) is 4. The second-order valence-electron chi connectivity index (χ2n) is 6.24. The van der Waals surface area contributed by atoms with Crippen LogP contribution in [-0.4, -0.2) is 45.4 Å². The molecule has 0 saturated carbocycles. The number of halogens is 4. The Morgan fingerprint density at radius 1 is 1.14 bits per heavy atom.